The molecule has 1 aliphatic carbocycles. The van der Waals surface area contributed by atoms with Gasteiger partial charge in [0, 0.05) is 6.42 Å². The summed E-state index contributed by atoms with van der Waals surface area (Å²) in [5, 5.41) is 0. The van der Waals surface area contributed by atoms with Crippen LogP contribution in [0.4, 0.5) is 0 Å². The third-order valence-electron chi connectivity index (χ3n) is 3.99. The fourth-order valence-electron chi connectivity index (χ4n) is 3.04. The van der Waals surface area contributed by atoms with Crippen molar-refractivity contribution in [1.82, 2.24) is 0 Å². The molecular weight excluding hydrogens is 332 g/mol. The van der Waals surface area contributed by atoms with Crippen LogP contribution in [-0.2, 0) is 20.2 Å². The topological polar surface area (TPSA) is 161 Å². The lowest BCUT2D eigenvalue weighted by Crippen LogP contribution is -2.63. The summed E-state index contributed by atoms with van der Waals surface area (Å²) >= 11 is 0. The number of rotatable bonds is 3. The van der Waals surface area contributed by atoms with Crippen molar-refractivity contribution in [3.05, 3.63) is 35.9 Å². The van der Waals surface area contributed by atoms with Crippen LogP contribution in [0.5, 0.6) is 0 Å². The van der Waals surface area contributed by atoms with Crippen LogP contribution in [0, 0.1) is 0 Å². The van der Waals surface area contributed by atoms with Crippen molar-refractivity contribution in [2.24, 2.45) is 11.5 Å². The van der Waals surface area contributed by atoms with E-state index < -0.39 is 48.7 Å². The van der Waals surface area contributed by atoms with E-state index in [0.717, 1.165) is 0 Å². The summed E-state index contributed by atoms with van der Waals surface area (Å²) in [6, 6.07) is 8.47. The van der Waals surface area contributed by atoms with Crippen molar-refractivity contribution in [2.45, 2.75) is 34.9 Å². The van der Waals surface area contributed by atoms with Gasteiger partial charge in [-0.3, -0.25) is 9.11 Å². The van der Waals surface area contributed by atoms with Gasteiger partial charge >= 0.3 is 0 Å². The molecule has 10 heteroatoms. The van der Waals surface area contributed by atoms with Crippen LogP contribution in [0.1, 0.15) is 30.7 Å². The molecule has 1 aromatic carbocycles. The first-order chi connectivity index (χ1) is 9.88. The molecule has 0 bridgehead atoms. The van der Waals surface area contributed by atoms with Gasteiger partial charge in [0.1, 0.15) is 0 Å². The van der Waals surface area contributed by atoms with Crippen LogP contribution in [0.2, 0.25) is 0 Å². The van der Waals surface area contributed by atoms with Crippen molar-refractivity contribution in [3.63, 3.8) is 0 Å². The summed E-state index contributed by atoms with van der Waals surface area (Å²) in [6.07, 6.45) is -1.20. The van der Waals surface area contributed by atoms with Crippen molar-refractivity contribution in [2.75, 3.05) is 0 Å². The molecule has 1 fully saturated rings. The Hall–Kier alpha value is -1.04. The molecule has 0 spiro atoms. The van der Waals surface area contributed by atoms with Gasteiger partial charge in [-0.05, 0) is 24.3 Å². The average molecular weight is 350 g/mol. The zero-order valence-corrected chi connectivity index (χ0v) is 13.2. The lowest BCUT2D eigenvalue weighted by molar-refractivity contribution is 0.241. The average Bonchev–Trinajstić information content (AvgIpc) is 2.35. The highest BCUT2D eigenvalue weighted by Gasteiger charge is 2.61. The van der Waals surface area contributed by atoms with Crippen LogP contribution in [0.15, 0.2) is 30.3 Å². The summed E-state index contributed by atoms with van der Waals surface area (Å²) < 4.78 is 63.0. The monoisotopic (exact) mass is 350 g/mol. The van der Waals surface area contributed by atoms with Gasteiger partial charge in [-0.25, -0.2) is 0 Å². The van der Waals surface area contributed by atoms with E-state index in [4.69, 9.17) is 11.5 Å². The minimum Gasteiger partial charge on any atom is -0.313 e. The Labute approximate surface area is 129 Å². The molecule has 1 aromatic rings. The number of hydrogen-bond acceptors (Lipinski definition) is 6. The highest BCUT2D eigenvalue weighted by molar-refractivity contribution is 8.05. The summed E-state index contributed by atoms with van der Waals surface area (Å²) in [7, 11) is -10.3. The van der Waals surface area contributed by atoms with Gasteiger partial charge < -0.3 is 11.5 Å². The first-order valence-corrected chi connectivity index (χ1v) is 9.33. The van der Waals surface area contributed by atoms with E-state index >= 15 is 0 Å². The quantitative estimate of drug-likeness (QED) is 0.439. The Morgan fingerprint density at radius 1 is 0.955 bits per heavy atom. The predicted octanol–water partition coefficient (Wildman–Crippen LogP) is 0.0397. The Kier molecular flexibility index (Phi) is 4.13. The van der Waals surface area contributed by atoms with Crippen LogP contribution in [0.25, 0.3) is 0 Å². The number of nitrogens with two attached hydrogens (primary N) is 2. The minimum atomic E-state index is -5.16. The maximum atomic E-state index is 11.7. The number of hydrogen-bond donors (Lipinski definition) is 4. The Morgan fingerprint density at radius 3 is 1.91 bits per heavy atom. The van der Waals surface area contributed by atoms with Crippen LogP contribution >= 0.6 is 0 Å². The van der Waals surface area contributed by atoms with E-state index in [-0.39, 0.29) is 6.42 Å². The number of benzene rings is 1. The summed E-state index contributed by atoms with van der Waals surface area (Å²) in [5.41, 5.74) is 10.6. The highest BCUT2D eigenvalue weighted by Crippen LogP contribution is 2.47. The zero-order chi connectivity index (χ0) is 16.8. The lowest BCUT2D eigenvalue weighted by Gasteiger charge is -2.43. The van der Waals surface area contributed by atoms with Crippen molar-refractivity contribution >= 4 is 20.2 Å². The fourth-order valence-corrected chi connectivity index (χ4v) is 5.83. The van der Waals surface area contributed by atoms with E-state index in [9.17, 15) is 25.9 Å². The molecule has 0 aromatic heterocycles. The SMILES string of the molecule is NC1(N)CC(c2ccccc2)CC(S(=O)(=O)O)(S(=O)(=O)O)C1. The first-order valence-electron chi connectivity index (χ1n) is 6.45. The second-order valence-electron chi connectivity index (χ2n) is 5.79. The van der Waals surface area contributed by atoms with E-state index in [0.29, 0.717) is 5.56 Å². The van der Waals surface area contributed by atoms with Gasteiger partial charge in [-0.15, -0.1) is 0 Å². The zero-order valence-electron chi connectivity index (χ0n) is 11.6. The van der Waals surface area contributed by atoms with Gasteiger partial charge in [0.05, 0.1) is 5.66 Å². The highest BCUT2D eigenvalue weighted by atomic mass is 32.3. The molecule has 6 N–H and O–H groups in total. The summed E-state index contributed by atoms with van der Waals surface area (Å²) in [5.74, 6) is -0.645. The Morgan fingerprint density at radius 2 is 1.45 bits per heavy atom. The van der Waals surface area contributed by atoms with Crippen molar-refractivity contribution < 1.29 is 25.9 Å². The molecule has 1 unspecified atom stereocenters. The maximum Gasteiger partial charge on any atom is 0.287 e. The second-order valence-corrected chi connectivity index (χ2v) is 9.51. The molecule has 0 radical (unpaired) electrons. The molecular formula is C12H18N2O6S2. The molecule has 0 heterocycles. The van der Waals surface area contributed by atoms with E-state index in [1.807, 2.05) is 0 Å². The molecule has 0 saturated heterocycles. The third-order valence-corrected chi connectivity index (χ3v) is 7.76. The predicted molar refractivity (Wildman–Crippen MR) is 80.0 cm³/mol. The van der Waals surface area contributed by atoms with Gasteiger partial charge in [-0.2, -0.15) is 16.8 Å². The maximum absolute atomic E-state index is 11.7. The second kappa shape index (κ2) is 5.25. The smallest absolute Gasteiger partial charge is 0.287 e. The minimum absolute atomic E-state index is 0.115. The molecule has 22 heavy (non-hydrogen) atoms. The van der Waals surface area contributed by atoms with Crippen LogP contribution < -0.4 is 11.5 Å². The molecule has 8 nitrogen and oxygen atoms in total. The molecule has 124 valence electrons. The van der Waals surface area contributed by atoms with E-state index in [1.54, 1.807) is 30.3 Å². The molecule has 1 saturated carbocycles. The van der Waals surface area contributed by atoms with Crippen LogP contribution in [-0.4, -0.2) is 35.7 Å². The molecule has 1 aliphatic rings. The van der Waals surface area contributed by atoms with Crippen molar-refractivity contribution in [1.29, 1.82) is 0 Å². The van der Waals surface area contributed by atoms with E-state index in [2.05, 4.69) is 0 Å². The normalized spacial score (nSPS) is 24.8. The Bertz CT molecular complexity index is 726. The lowest BCUT2D eigenvalue weighted by atomic mass is 9.78. The first kappa shape index (κ1) is 17.3. The standard InChI is InChI=1S/C12H18N2O6S2/c13-11(14)6-10(9-4-2-1-3-5-9)7-12(8-11,21(15,16)17)22(18,19)20/h1-5,10H,6-8,13-14H2,(H,15,16,17)(H,18,19,20). The van der Waals surface area contributed by atoms with Gasteiger partial charge in [0.2, 0.25) is 4.08 Å². The molecule has 1 atom stereocenters. The van der Waals surface area contributed by atoms with Gasteiger partial charge in [0.25, 0.3) is 20.2 Å². The molecule has 2 rings (SSSR count). The van der Waals surface area contributed by atoms with Crippen LogP contribution in [0.3, 0.4) is 0 Å². The van der Waals surface area contributed by atoms with Gasteiger partial charge in [0.15, 0.2) is 0 Å². The summed E-state index contributed by atoms with van der Waals surface area (Å²) in [4.78, 5) is 0. The summed E-state index contributed by atoms with van der Waals surface area (Å²) in [6.45, 7) is 0. The van der Waals surface area contributed by atoms with E-state index in [1.165, 1.54) is 0 Å². The third kappa shape index (κ3) is 3.03. The van der Waals surface area contributed by atoms with Gasteiger partial charge in [-0.1, -0.05) is 30.3 Å². The fraction of sp³-hybridized carbons (Fsp3) is 0.500. The molecule has 0 amide bonds. The Balaban J connectivity index is 2.61. The van der Waals surface area contributed by atoms with Crippen molar-refractivity contribution in [3.8, 4) is 0 Å². The largest absolute Gasteiger partial charge is 0.313 e. The molecule has 0 aliphatic heterocycles.